The lowest BCUT2D eigenvalue weighted by molar-refractivity contribution is 0.686. The van der Waals surface area contributed by atoms with Crippen molar-refractivity contribution in [1.29, 1.82) is 0 Å². The van der Waals surface area contributed by atoms with E-state index in [2.05, 4.69) is 60.4 Å². The molecule has 0 amide bonds. The summed E-state index contributed by atoms with van der Waals surface area (Å²) < 4.78 is 0. The third-order valence-corrected chi connectivity index (χ3v) is 3.93. The molecule has 0 aliphatic carbocycles. The number of thioether (sulfide) groups is 1. The number of halogens is 1. The largest absolute Gasteiger partial charge is 0.309 e. The van der Waals surface area contributed by atoms with Gasteiger partial charge >= 0.3 is 0 Å². The van der Waals surface area contributed by atoms with Gasteiger partial charge in [-0.2, -0.15) is 0 Å². The fourth-order valence-electron chi connectivity index (χ4n) is 1.88. The molecule has 106 valence electrons. The summed E-state index contributed by atoms with van der Waals surface area (Å²) in [6, 6.07) is 19.0. The van der Waals surface area contributed by atoms with Gasteiger partial charge in [0.1, 0.15) is 0 Å². The van der Waals surface area contributed by atoms with E-state index in [4.69, 9.17) is 0 Å². The second-order valence-electron chi connectivity index (χ2n) is 4.30. The Morgan fingerprint density at radius 3 is 2.40 bits per heavy atom. The average molecular weight is 350 g/mol. The summed E-state index contributed by atoms with van der Waals surface area (Å²) in [5.74, 6) is 0.954. The van der Waals surface area contributed by atoms with Crippen LogP contribution < -0.4 is 5.32 Å². The molecule has 2 rings (SSSR count). The molecule has 0 aromatic heterocycles. The van der Waals surface area contributed by atoms with Crippen molar-refractivity contribution in [2.24, 2.45) is 0 Å². The zero-order chi connectivity index (χ0) is 13.3. The molecule has 0 heterocycles. The minimum Gasteiger partial charge on any atom is -0.309 e. The maximum absolute atomic E-state index is 3.77. The highest BCUT2D eigenvalue weighted by atomic mass is 79.9. The molecular formula is C17H20BrNS. The first-order valence-corrected chi connectivity index (χ1v) is 7.45. The van der Waals surface area contributed by atoms with Crippen LogP contribution in [-0.2, 0) is 13.1 Å². The normalized spacial score (nSPS) is 9.80. The van der Waals surface area contributed by atoms with Crippen molar-refractivity contribution in [3.8, 4) is 0 Å². The van der Waals surface area contributed by atoms with Gasteiger partial charge in [0.25, 0.3) is 0 Å². The van der Waals surface area contributed by atoms with E-state index in [1.54, 1.807) is 0 Å². The summed E-state index contributed by atoms with van der Waals surface area (Å²) in [5, 5.41) is 3.50. The van der Waals surface area contributed by atoms with Gasteiger partial charge < -0.3 is 5.32 Å². The Bertz CT molecular complexity index is 513. The van der Waals surface area contributed by atoms with E-state index in [0.717, 1.165) is 18.8 Å². The maximum atomic E-state index is 3.77. The average Bonchev–Trinajstić information content (AvgIpc) is 2.47. The lowest BCUT2D eigenvalue weighted by Gasteiger charge is -2.09. The molecule has 0 atom stereocenters. The summed E-state index contributed by atoms with van der Waals surface area (Å²) >= 11 is 1.84. The van der Waals surface area contributed by atoms with Gasteiger partial charge in [-0.3, -0.25) is 0 Å². The van der Waals surface area contributed by atoms with Crippen molar-refractivity contribution >= 4 is 28.7 Å². The predicted molar refractivity (Wildman–Crippen MR) is 94.7 cm³/mol. The van der Waals surface area contributed by atoms with Crippen LogP contribution in [0.25, 0.3) is 0 Å². The van der Waals surface area contributed by atoms with E-state index in [-0.39, 0.29) is 17.0 Å². The number of benzene rings is 2. The first kappa shape index (κ1) is 17.0. The summed E-state index contributed by atoms with van der Waals surface area (Å²) in [5.41, 5.74) is 2.67. The number of nitrogens with one attached hydrogen (secondary N) is 1. The van der Waals surface area contributed by atoms with Crippen LogP contribution in [0.1, 0.15) is 11.1 Å². The first-order valence-electron chi connectivity index (χ1n) is 6.46. The third kappa shape index (κ3) is 5.53. The van der Waals surface area contributed by atoms with Crippen molar-refractivity contribution in [3.05, 3.63) is 78.4 Å². The van der Waals surface area contributed by atoms with Crippen LogP contribution in [0.15, 0.2) is 72.1 Å². The first-order chi connectivity index (χ1) is 9.40. The molecule has 3 heteroatoms. The van der Waals surface area contributed by atoms with E-state index in [0.29, 0.717) is 0 Å². The molecule has 1 nitrogen and oxygen atoms in total. The van der Waals surface area contributed by atoms with Crippen molar-refractivity contribution in [2.45, 2.75) is 18.0 Å². The van der Waals surface area contributed by atoms with Gasteiger partial charge in [-0.05, 0) is 17.2 Å². The van der Waals surface area contributed by atoms with E-state index in [1.807, 2.05) is 23.9 Å². The van der Waals surface area contributed by atoms with E-state index >= 15 is 0 Å². The minimum atomic E-state index is 0. The third-order valence-electron chi connectivity index (χ3n) is 2.82. The Morgan fingerprint density at radius 2 is 1.65 bits per heavy atom. The van der Waals surface area contributed by atoms with Crippen LogP contribution in [-0.4, -0.2) is 5.75 Å². The number of rotatable bonds is 7. The summed E-state index contributed by atoms with van der Waals surface area (Å²) in [6.07, 6.45) is 1.94. The molecule has 0 fully saturated rings. The molecule has 20 heavy (non-hydrogen) atoms. The monoisotopic (exact) mass is 349 g/mol. The molecule has 2 aromatic carbocycles. The Balaban J connectivity index is 0.00000200. The molecule has 0 spiro atoms. The lowest BCUT2D eigenvalue weighted by Crippen LogP contribution is -2.13. The Morgan fingerprint density at radius 1 is 0.950 bits per heavy atom. The zero-order valence-corrected chi connectivity index (χ0v) is 13.9. The van der Waals surface area contributed by atoms with Crippen LogP contribution in [0, 0.1) is 0 Å². The molecular weight excluding hydrogens is 330 g/mol. The van der Waals surface area contributed by atoms with Crippen LogP contribution in [0.5, 0.6) is 0 Å². The molecule has 0 aliphatic heterocycles. The van der Waals surface area contributed by atoms with Gasteiger partial charge in [0, 0.05) is 23.7 Å². The van der Waals surface area contributed by atoms with Crippen molar-refractivity contribution < 1.29 is 0 Å². The van der Waals surface area contributed by atoms with Gasteiger partial charge in [-0.1, -0.05) is 54.6 Å². The standard InChI is InChI=1S/C17H19NS.BrH/c1-2-12-19-17-11-7-6-10-16(17)14-18-13-15-8-4-3-5-9-15;/h2-11,18H,1,12-14H2;1H. The molecule has 0 aliphatic rings. The highest BCUT2D eigenvalue weighted by molar-refractivity contribution is 8.93. The number of hydrogen-bond acceptors (Lipinski definition) is 2. The Labute approximate surface area is 136 Å². The molecule has 0 saturated heterocycles. The van der Waals surface area contributed by atoms with E-state index in [9.17, 15) is 0 Å². The van der Waals surface area contributed by atoms with Crippen molar-refractivity contribution in [1.82, 2.24) is 5.32 Å². The predicted octanol–water partition coefficient (Wildman–Crippen LogP) is 4.83. The molecule has 1 N–H and O–H groups in total. The van der Waals surface area contributed by atoms with Gasteiger partial charge in [-0.15, -0.1) is 35.3 Å². The van der Waals surface area contributed by atoms with Gasteiger partial charge in [0.05, 0.1) is 0 Å². The second kappa shape index (κ2) is 9.81. The zero-order valence-electron chi connectivity index (χ0n) is 11.4. The highest BCUT2D eigenvalue weighted by Crippen LogP contribution is 2.22. The van der Waals surface area contributed by atoms with Crippen LogP contribution in [0.3, 0.4) is 0 Å². The fraction of sp³-hybridized carbons (Fsp3) is 0.176. The summed E-state index contributed by atoms with van der Waals surface area (Å²) in [6.45, 7) is 5.57. The Hall–Kier alpha value is -1.03. The molecule has 0 unspecified atom stereocenters. The summed E-state index contributed by atoms with van der Waals surface area (Å²) in [7, 11) is 0. The van der Waals surface area contributed by atoms with Crippen LogP contribution >= 0.6 is 28.7 Å². The Kier molecular flexibility index (Phi) is 8.35. The fourth-order valence-corrected chi connectivity index (χ4v) is 2.67. The smallest absolute Gasteiger partial charge is 0.0219 e. The number of hydrogen-bond donors (Lipinski definition) is 1. The van der Waals surface area contributed by atoms with Gasteiger partial charge in [-0.25, -0.2) is 0 Å². The van der Waals surface area contributed by atoms with Gasteiger partial charge in [0.15, 0.2) is 0 Å². The maximum Gasteiger partial charge on any atom is 0.0219 e. The van der Waals surface area contributed by atoms with Crippen LogP contribution in [0.2, 0.25) is 0 Å². The minimum absolute atomic E-state index is 0. The van der Waals surface area contributed by atoms with E-state index in [1.165, 1.54) is 16.0 Å². The molecule has 2 aromatic rings. The lowest BCUT2D eigenvalue weighted by atomic mass is 10.2. The van der Waals surface area contributed by atoms with Crippen molar-refractivity contribution in [2.75, 3.05) is 5.75 Å². The topological polar surface area (TPSA) is 12.0 Å². The molecule has 0 bridgehead atoms. The van der Waals surface area contributed by atoms with Crippen LogP contribution in [0.4, 0.5) is 0 Å². The SMILES string of the molecule is Br.C=CCSc1ccccc1CNCc1ccccc1. The summed E-state index contributed by atoms with van der Waals surface area (Å²) in [4.78, 5) is 1.34. The quantitative estimate of drug-likeness (QED) is 0.567. The van der Waals surface area contributed by atoms with E-state index < -0.39 is 0 Å². The molecule has 0 radical (unpaired) electrons. The van der Waals surface area contributed by atoms with Crippen molar-refractivity contribution in [3.63, 3.8) is 0 Å². The van der Waals surface area contributed by atoms with Gasteiger partial charge in [0.2, 0.25) is 0 Å². The molecule has 0 saturated carbocycles. The highest BCUT2D eigenvalue weighted by Gasteiger charge is 2.01. The second-order valence-corrected chi connectivity index (χ2v) is 5.36.